The molecule has 0 spiro atoms. The Bertz CT molecular complexity index is 491. The number of halogens is 2. The van der Waals surface area contributed by atoms with Crippen LogP contribution in [0.25, 0.3) is 0 Å². The van der Waals surface area contributed by atoms with Gasteiger partial charge in [-0.25, -0.2) is 12.8 Å². The smallest absolute Gasteiger partial charge is 0.168 e. The number of carbonyl (C=O) groups is 1. The maximum absolute atomic E-state index is 13.3. The average molecular weight is 265 g/mol. The molecule has 0 aliphatic carbocycles. The first-order chi connectivity index (χ1) is 7.31. The number of hydrogen-bond donors (Lipinski definition) is 0. The van der Waals surface area contributed by atoms with Gasteiger partial charge in [-0.15, -0.1) is 0 Å². The van der Waals surface area contributed by atoms with Gasteiger partial charge >= 0.3 is 0 Å². The van der Waals surface area contributed by atoms with Crippen LogP contribution in [-0.2, 0) is 9.84 Å². The van der Waals surface area contributed by atoms with Crippen molar-refractivity contribution in [1.82, 2.24) is 0 Å². The summed E-state index contributed by atoms with van der Waals surface area (Å²) < 4.78 is 35.0. The zero-order chi connectivity index (χ0) is 12.3. The minimum Gasteiger partial charge on any atom is -0.294 e. The van der Waals surface area contributed by atoms with Crippen LogP contribution in [0.4, 0.5) is 4.39 Å². The highest BCUT2D eigenvalue weighted by Gasteiger charge is 2.17. The number of ketones is 1. The predicted octanol–water partition coefficient (Wildman–Crippen LogP) is 2.10. The fourth-order valence-electron chi connectivity index (χ4n) is 1.17. The standard InChI is InChI=1S/C10H10ClFO3S/c1-16(14,15)6-5-9(13)10-7(11)3-2-4-8(10)12/h2-4H,5-6H2,1H3. The Morgan fingerprint density at radius 3 is 2.56 bits per heavy atom. The van der Waals surface area contributed by atoms with Gasteiger partial charge in [0, 0.05) is 12.7 Å². The molecule has 0 amide bonds. The van der Waals surface area contributed by atoms with E-state index in [9.17, 15) is 17.6 Å². The molecular formula is C10H10ClFO3S. The number of rotatable bonds is 4. The third-order valence-corrected chi connectivity index (χ3v) is 3.20. The van der Waals surface area contributed by atoms with Crippen molar-refractivity contribution < 1.29 is 17.6 Å². The van der Waals surface area contributed by atoms with Gasteiger partial charge in [0.25, 0.3) is 0 Å². The van der Waals surface area contributed by atoms with Crippen LogP contribution < -0.4 is 0 Å². The van der Waals surface area contributed by atoms with Gasteiger partial charge in [-0.1, -0.05) is 17.7 Å². The van der Waals surface area contributed by atoms with Crippen molar-refractivity contribution in [3.63, 3.8) is 0 Å². The minimum atomic E-state index is -3.24. The van der Waals surface area contributed by atoms with Gasteiger partial charge in [-0.2, -0.15) is 0 Å². The summed E-state index contributed by atoms with van der Waals surface area (Å²) in [7, 11) is -3.24. The number of benzene rings is 1. The normalized spacial score (nSPS) is 11.4. The van der Waals surface area contributed by atoms with Crippen LogP contribution in [0.1, 0.15) is 16.8 Å². The van der Waals surface area contributed by atoms with Crippen molar-refractivity contribution in [2.75, 3.05) is 12.0 Å². The van der Waals surface area contributed by atoms with E-state index in [1.807, 2.05) is 0 Å². The maximum atomic E-state index is 13.3. The Kier molecular flexibility index (Phi) is 4.04. The molecule has 0 unspecified atom stereocenters. The predicted molar refractivity (Wildman–Crippen MR) is 60.1 cm³/mol. The Labute approximate surface area is 98.1 Å². The molecule has 0 bridgehead atoms. The second-order valence-corrected chi connectivity index (χ2v) is 6.07. The molecule has 3 nitrogen and oxygen atoms in total. The van der Waals surface area contributed by atoms with Gasteiger partial charge in [0.05, 0.1) is 16.3 Å². The lowest BCUT2D eigenvalue weighted by Gasteiger charge is -2.04. The quantitative estimate of drug-likeness (QED) is 0.783. The van der Waals surface area contributed by atoms with E-state index in [-0.39, 0.29) is 22.8 Å². The lowest BCUT2D eigenvalue weighted by molar-refractivity contribution is 0.0985. The fraction of sp³-hybridized carbons (Fsp3) is 0.300. The molecule has 0 heterocycles. The summed E-state index contributed by atoms with van der Waals surface area (Å²) in [5, 5.41) is -0.00139. The summed E-state index contributed by atoms with van der Waals surface area (Å²) in [5.74, 6) is -1.64. The van der Waals surface area contributed by atoms with Crippen molar-refractivity contribution in [2.24, 2.45) is 0 Å². The Morgan fingerprint density at radius 1 is 1.44 bits per heavy atom. The fourth-order valence-corrected chi connectivity index (χ4v) is 1.99. The van der Waals surface area contributed by atoms with Crippen molar-refractivity contribution in [3.8, 4) is 0 Å². The zero-order valence-electron chi connectivity index (χ0n) is 8.54. The largest absolute Gasteiger partial charge is 0.294 e. The van der Waals surface area contributed by atoms with Crippen molar-refractivity contribution in [1.29, 1.82) is 0 Å². The van der Waals surface area contributed by atoms with Crippen LogP contribution in [0.3, 0.4) is 0 Å². The zero-order valence-corrected chi connectivity index (χ0v) is 10.1. The number of sulfone groups is 1. The van der Waals surface area contributed by atoms with E-state index in [2.05, 4.69) is 0 Å². The van der Waals surface area contributed by atoms with E-state index < -0.39 is 21.4 Å². The van der Waals surface area contributed by atoms with Crippen LogP contribution in [0.2, 0.25) is 5.02 Å². The summed E-state index contributed by atoms with van der Waals surface area (Å²) in [5.41, 5.74) is -0.243. The molecule has 0 aliphatic rings. The van der Waals surface area contributed by atoms with E-state index in [4.69, 9.17) is 11.6 Å². The summed E-state index contributed by atoms with van der Waals surface area (Å²) in [6.07, 6.45) is 0.753. The van der Waals surface area contributed by atoms with Gasteiger partial charge in [0.2, 0.25) is 0 Å². The third kappa shape index (κ3) is 3.57. The van der Waals surface area contributed by atoms with Crippen LogP contribution in [0.15, 0.2) is 18.2 Å². The van der Waals surface area contributed by atoms with Crippen LogP contribution in [0.5, 0.6) is 0 Å². The molecule has 6 heteroatoms. The van der Waals surface area contributed by atoms with E-state index in [1.54, 1.807) is 0 Å². The highest BCUT2D eigenvalue weighted by Crippen LogP contribution is 2.20. The first kappa shape index (κ1) is 13.1. The molecule has 0 fully saturated rings. The van der Waals surface area contributed by atoms with Gasteiger partial charge in [-0.05, 0) is 12.1 Å². The van der Waals surface area contributed by atoms with Crippen LogP contribution >= 0.6 is 11.6 Å². The molecule has 0 atom stereocenters. The van der Waals surface area contributed by atoms with Gasteiger partial charge in [0.15, 0.2) is 5.78 Å². The molecule has 16 heavy (non-hydrogen) atoms. The summed E-state index contributed by atoms with van der Waals surface area (Å²) in [6, 6.07) is 3.88. The Balaban J connectivity index is 2.90. The molecule has 0 saturated carbocycles. The maximum Gasteiger partial charge on any atom is 0.168 e. The van der Waals surface area contributed by atoms with Gasteiger partial charge in [0.1, 0.15) is 15.7 Å². The van der Waals surface area contributed by atoms with E-state index >= 15 is 0 Å². The molecule has 0 aliphatic heterocycles. The molecule has 0 saturated heterocycles. The first-order valence-corrected chi connectivity index (χ1v) is 6.90. The molecule has 0 radical (unpaired) electrons. The highest BCUT2D eigenvalue weighted by atomic mass is 35.5. The highest BCUT2D eigenvalue weighted by molar-refractivity contribution is 7.90. The molecule has 88 valence electrons. The number of Topliss-reactive ketones (excluding diaryl/α,β-unsaturated/α-hetero) is 1. The third-order valence-electron chi connectivity index (χ3n) is 1.94. The van der Waals surface area contributed by atoms with Crippen LogP contribution in [-0.4, -0.2) is 26.2 Å². The Hall–Kier alpha value is -0.940. The molecule has 0 aromatic heterocycles. The van der Waals surface area contributed by atoms with E-state index in [1.165, 1.54) is 12.1 Å². The summed E-state index contributed by atoms with van der Waals surface area (Å²) in [4.78, 5) is 11.5. The monoisotopic (exact) mass is 264 g/mol. The van der Waals surface area contributed by atoms with Crippen molar-refractivity contribution >= 4 is 27.2 Å². The van der Waals surface area contributed by atoms with Gasteiger partial charge < -0.3 is 0 Å². The summed E-state index contributed by atoms with van der Waals surface area (Å²) >= 11 is 5.66. The topological polar surface area (TPSA) is 51.2 Å². The van der Waals surface area contributed by atoms with Crippen LogP contribution in [0, 0.1) is 5.82 Å². The lowest BCUT2D eigenvalue weighted by Crippen LogP contribution is -2.11. The number of carbonyl (C=O) groups excluding carboxylic acids is 1. The Morgan fingerprint density at radius 2 is 2.06 bits per heavy atom. The SMILES string of the molecule is CS(=O)(=O)CCC(=O)c1c(F)cccc1Cl. The molecular weight excluding hydrogens is 255 g/mol. The lowest BCUT2D eigenvalue weighted by atomic mass is 10.1. The molecule has 1 aromatic rings. The summed E-state index contributed by atoms with van der Waals surface area (Å²) in [6.45, 7) is 0. The van der Waals surface area contributed by atoms with Crippen molar-refractivity contribution in [2.45, 2.75) is 6.42 Å². The minimum absolute atomic E-state index is 0.00139. The van der Waals surface area contributed by atoms with E-state index in [0.29, 0.717) is 0 Å². The van der Waals surface area contributed by atoms with E-state index in [0.717, 1.165) is 12.3 Å². The number of hydrogen-bond acceptors (Lipinski definition) is 3. The second-order valence-electron chi connectivity index (χ2n) is 3.40. The first-order valence-electron chi connectivity index (χ1n) is 4.46. The molecule has 1 rings (SSSR count). The molecule has 1 aromatic carbocycles. The molecule has 0 N–H and O–H groups in total. The van der Waals surface area contributed by atoms with Gasteiger partial charge in [-0.3, -0.25) is 4.79 Å². The second kappa shape index (κ2) is 4.93. The average Bonchev–Trinajstić information content (AvgIpc) is 2.13. The van der Waals surface area contributed by atoms with Crippen molar-refractivity contribution in [3.05, 3.63) is 34.6 Å².